The average molecular weight is 708 g/mol. The number of amides is 2. The van der Waals surface area contributed by atoms with Gasteiger partial charge in [0.1, 0.15) is 10.6 Å². The molecule has 0 fully saturated rings. The van der Waals surface area contributed by atoms with E-state index >= 15 is 0 Å². The number of hydrogen-bond acceptors (Lipinski definition) is 12. The zero-order valence-electron chi connectivity index (χ0n) is 22.3. The number of nitrogens with one attached hydrogen (secondary N) is 1. The van der Waals surface area contributed by atoms with E-state index in [9.17, 15) is 40.9 Å². The van der Waals surface area contributed by atoms with Gasteiger partial charge in [-0.3, -0.25) is 18.7 Å². The van der Waals surface area contributed by atoms with E-state index in [4.69, 9.17) is 27.8 Å². The van der Waals surface area contributed by atoms with Gasteiger partial charge in [-0.25, -0.2) is 14.8 Å². The molecule has 3 aromatic carbocycles. The molecule has 21 heteroatoms. The molecule has 5 rings (SSSR count). The summed E-state index contributed by atoms with van der Waals surface area (Å²) in [7, 11) is -9.57. The fraction of sp³-hybridized carbons (Fsp3) is 0.0400. The zero-order valence-corrected chi connectivity index (χ0v) is 25.5. The first kappa shape index (κ1) is 32.5. The number of fused-ring (bicyclic) bond motifs is 1. The van der Waals surface area contributed by atoms with Gasteiger partial charge in [0.25, 0.3) is 32.1 Å². The lowest BCUT2D eigenvalue weighted by Gasteiger charge is -2.12. The smallest absolute Gasteiger partial charge is 0.355 e. The molecule has 0 saturated heterocycles. The number of benzene rings is 3. The SMILES string of the molecule is O=C(O)C1=NN(c2ccc(S(=O)(=O)O)cc2)C(=O)C1N=Nc1ccc(NC(=O)c2ccc3nc(Cl)c(Cl)nc3c2)cc1S(=O)(=O)O. The van der Waals surface area contributed by atoms with Gasteiger partial charge >= 0.3 is 5.97 Å². The molecule has 236 valence electrons. The molecule has 0 spiro atoms. The highest BCUT2D eigenvalue weighted by atomic mass is 35.5. The van der Waals surface area contributed by atoms with Crippen molar-refractivity contribution in [1.82, 2.24) is 9.97 Å². The van der Waals surface area contributed by atoms with Crippen LogP contribution in [0.4, 0.5) is 17.1 Å². The van der Waals surface area contributed by atoms with Gasteiger partial charge < -0.3 is 10.4 Å². The molecule has 17 nitrogen and oxygen atoms in total. The molecular weight excluding hydrogens is 693 g/mol. The summed E-state index contributed by atoms with van der Waals surface area (Å²) in [6.07, 6.45) is 0. The number of aromatic nitrogens is 2. The third-order valence-electron chi connectivity index (χ3n) is 6.13. The van der Waals surface area contributed by atoms with Gasteiger partial charge in [-0.15, -0.1) is 0 Å². The number of aliphatic carboxylic acids is 1. The highest BCUT2D eigenvalue weighted by molar-refractivity contribution is 7.86. The number of carbonyl (C=O) groups is 3. The van der Waals surface area contributed by atoms with Crippen LogP contribution >= 0.6 is 23.2 Å². The van der Waals surface area contributed by atoms with Crippen molar-refractivity contribution in [2.45, 2.75) is 15.8 Å². The minimum atomic E-state index is -5.01. The Labute approximate surface area is 267 Å². The molecule has 0 radical (unpaired) electrons. The number of hydrogen-bond donors (Lipinski definition) is 4. The largest absolute Gasteiger partial charge is 0.477 e. The van der Waals surface area contributed by atoms with E-state index in [2.05, 4.69) is 30.6 Å². The van der Waals surface area contributed by atoms with Crippen LogP contribution in [0.3, 0.4) is 0 Å². The first-order chi connectivity index (χ1) is 21.5. The summed E-state index contributed by atoms with van der Waals surface area (Å²) in [5.74, 6) is -3.44. The van der Waals surface area contributed by atoms with Crippen molar-refractivity contribution < 1.29 is 45.4 Å². The molecule has 1 unspecified atom stereocenters. The monoisotopic (exact) mass is 707 g/mol. The zero-order chi connectivity index (χ0) is 33.6. The van der Waals surface area contributed by atoms with Crippen LogP contribution in [0.2, 0.25) is 10.3 Å². The van der Waals surface area contributed by atoms with Gasteiger partial charge in [-0.05, 0) is 60.7 Å². The van der Waals surface area contributed by atoms with Gasteiger partial charge in [-0.1, -0.05) is 23.2 Å². The second-order valence-corrected chi connectivity index (χ2v) is 12.7. The second kappa shape index (κ2) is 12.1. The Morgan fingerprint density at radius 3 is 2.13 bits per heavy atom. The lowest BCUT2D eigenvalue weighted by molar-refractivity contribution is -0.130. The molecule has 1 aliphatic heterocycles. The van der Waals surface area contributed by atoms with Crippen LogP contribution in [0.15, 0.2) is 85.8 Å². The summed E-state index contributed by atoms with van der Waals surface area (Å²) in [5, 5.41) is 23.5. The van der Waals surface area contributed by atoms with E-state index in [-0.39, 0.29) is 32.8 Å². The minimum Gasteiger partial charge on any atom is -0.477 e. The first-order valence-electron chi connectivity index (χ1n) is 12.2. The third kappa shape index (κ3) is 6.68. The molecule has 0 bridgehead atoms. The Hall–Kier alpha value is -4.92. The Bertz CT molecular complexity index is 2250. The van der Waals surface area contributed by atoms with E-state index in [0.29, 0.717) is 10.5 Å². The van der Waals surface area contributed by atoms with Crippen LogP contribution in [0.25, 0.3) is 11.0 Å². The molecular formula is C25H15Cl2N7O10S2. The van der Waals surface area contributed by atoms with Crippen molar-refractivity contribution >= 4 is 95.0 Å². The highest BCUT2D eigenvalue weighted by Gasteiger charge is 2.41. The van der Waals surface area contributed by atoms with Gasteiger partial charge in [0.05, 0.1) is 21.6 Å². The van der Waals surface area contributed by atoms with Gasteiger partial charge in [0.2, 0.25) is 6.04 Å². The summed E-state index contributed by atoms with van der Waals surface area (Å²) in [6.45, 7) is 0. The van der Waals surface area contributed by atoms with E-state index < -0.39 is 65.3 Å². The standard InChI is InChI=1S/C25H15Cl2N7O10S2/c26-21-22(27)30-17-9-11(1-7-15(17)29-21)23(35)28-12-2-8-16(18(10-12)46(42,43)44)31-32-19-20(25(37)38)33-34(24(19)36)13-3-5-14(6-4-13)45(39,40)41/h1-10,19H,(H,28,35)(H,37,38)(H,39,40,41)(H,42,43,44). The molecule has 2 heterocycles. The fourth-order valence-corrected chi connectivity index (χ4v) is 5.41. The Morgan fingerprint density at radius 1 is 0.870 bits per heavy atom. The molecule has 2 amide bonds. The van der Waals surface area contributed by atoms with Crippen molar-refractivity contribution in [3.8, 4) is 0 Å². The molecule has 46 heavy (non-hydrogen) atoms. The number of hydrazone groups is 1. The number of anilines is 2. The number of halogens is 2. The van der Waals surface area contributed by atoms with Crippen molar-refractivity contribution in [3.05, 3.63) is 76.5 Å². The van der Waals surface area contributed by atoms with Crippen molar-refractivity contribution in [1.29, 1.82) is 0 Å². The topological polar surface area (TPSA) is 258 Å². The van der Waals surface area contributed by atoms with E-state index in [1.54, 1.807) is 0 Å². The number of carbonyl (C=O) groups excluding carboxylic acids is 2. The number of nitrogens with zero attached hydrogens (tertiary/aromatic N) is 6. The van der Waals surface area contributed by atoms with Gasteiger partial charge in [-0.2, -0.15) is 37.2 Å². The predicted octanol–water partition coefficient (Wildman–Crippen LogP) is 3.62. The lowest BCUT2D eigenvalue weighted by Crippen LogP contribution is -2.33. The Balaban J connectivity index is 1.41. The molecule has 4 aromatic rings. The summed E-state index contributed by atoms with van der Waals surface area (Å²) in [4.78, 5) is 44.4. The molecule has 0 saturated carbocycles. The summed E-state index contributed by atoms with van der Waals surface area (Å²) >= 11 is 11.7. The first-order valence-corrected chi connectivity index (χ1v) is 15.9. The average Bonchev–Trinajstić information content (AvgIpc) is 3.32. The van der Waals surface area contributed by atoms with Crippen LogP contribution in [0, 0.1) is 0 Å². The van der Waals surface area contributed by atoms with Crippen molar-refractivity contribution in [2.24, 2.45) is 15.3 Å². The van der Waals surface area contributed by atoms with Crippen LogP contribution in [-0.2, 0) is 29.8 Å². The van der Waals surface area contributed by atoms with E-state index in [0.717, 1.165) is 36.4 Å². The van der Waals surface area contributed by atoms with Crippen molar-refractivity contribution in [3.63, 3.8) is 0 Å². The maximum Gasteiger partial charge on any atom is 0.355 e. The molecule has 1 atom stereocenters. The normalized spacial score (nSPS) is 15.4. The number of rotatable bonds is 8. The minimum absolute atomic E-state index is 0.0319. The number of azo groups is 1. The second-order valence-electron chi connectivity index (χ2n) is 9.15. The highest BCUT2D eigenvalue weighted by Crippen LogP contribution is 2.30. The molecule has 0 aliphatic carbocycles. The van der Waals surface area contributed by atoms with Crippen LogP contribution in [0.5, 0.6) is 0 Å². The van der Waals surface area contributed by atoms with Gasteiger partial charge in [0.15, 0.2) is 16.0 Å². The summed E-state index contributed by atoms with van der Waals surface area (Å²) in [5.41, 5.74) is -0.857. The summed E-state index contributed by atoms with van der Waals surface area (Å²) in [6, 6.07) is 9.45. The summed E-state index contributed by atoms with van der Waals surface area (Å²) < 4.78 is 65.9. The van der Waals surface area contributed by atoms with E-state index in [1.165, 1.54) is 24.3 Å². The van der Waals surface area contributed by atoms with E-state index in [1.807, 2.05) is 0 Å². The maximum atomic E-state index is 13.0. The lowest BCUT2D eigenvalue weighted by atomic mass is 10.1. The predicted molar refractivity (Wildman–Crippen MR) is 161 cm³/mol. The number of carboxylic acids is 1. The molecule has 1 aromatic heterocycles. The Kier molecular flexibility index (Phi) is 8.55. The van der Waals surface area contributed by atoms with Crippen LogP contribution in [-0.4, -0.2) is 70.6 Å². The van der Waals surface area contributed by atoms with Gasteiger partial charge in [0, 0.05) is 11.3 Å². The third-order valence-corrected chi connectivity index (χ3v) is 8.50. The quantitative estimate of drug-likeness (QED) is 0.151. The van der Waals surface area contributed by atoms with Crippen molar-refractivity contribution in [2.75, 3.05) is 10.3 Å². The molecule has 4 N–H and O–H groups in total. The maximum absolute atomic E-state index is 13.0. The van der Waals surface area contributed by atoms with Crippen LogP contribution < -0.4 is 10.3 Å². The van der Waals surface area contributed by atoms with Crippen LogP contribution in [0.1, 0.15) is 10.4 Å². The number of carboxylic acid groups (broad SMARTS) is 1. The fourth-order valence-electron chi connectivity index (χ4n) is 4.01. The molecule has 1 aliphatic rings. The Morgan fingerprint density at radius 2 is 1.52 bits per heavy atom.